The average Bonchev–Trinajstić information content (AvgIpc) is 3.34. The second-order valence-electron chi connectivity index (χ2n) is 7.29. The molecule has 3 aliphatic rings. The summed E-state index contributed by atoms with van der Waals surface area (Å²) in [6.45, 7) is 2.38. The number of hydrogen-bond donors (Lipinski definition) is 0. The van der Waals surface area contributed by atoms with Crippen molar-refractivity contribution in [3.05, 3.63) is 30.0 Å². The molecule has 0 aromatic carbocycles. The van der Waals surface area contributed by atoms with Crippen molar-refractivity contribution in [3.63, 3.8) is 0 Å². The Bertz CT molecular complexity index is 594. The molecule has 0 spiro atoms. The van der Waals surface area contributed by atoms with Gasteiger partial charge in [0.25, 0.3) is 0 Å². The fourth-order valence-corrected chi connectivity index (χ4v) is 3.60. The molecule has 0 atom stereocenters. The van der Waals surface area contributed by atoms with Gasteiger partial charge >= 0.3 is 0 Å². The van der Waals surface area contributed by atoms with Crippen LogP contribution >= 0.6 is 0 Å². The van der Waals surface area contributed by atoms with Gasteiger partial charge < -0.3 is 9.64 Å². The van der Waals surface area contributed by atoms with Gasteiger partial charge in [-0.05, 0) is 50.5 Å². The van der Waals surface area contributed by atoms with E-state index in [-0.39, 0.29) is 5.92 Å². The Hall–Kier alpha value is -1.91. The maximum Gasteiger partial charge on any atom is 0.233 e. The summed E-state index contributed by atoms with van der Waals surface area (Å²) in [5.74, 6) is 2.28. The Morgan fingerprint density at radius 1 is 1.08 bits per heavy atom. The number of piperidine rings is 1. The van der Waals surface area contributed by atoms with Crippen molar-refractivity contribution in [1.29, 1.82) is 0 Å². The highest BCUT2D eigenvalue weighted by atomic mass is 16.5. The lowest BCUT2D eigenvalue weighted by Crippen LogP contribution is -2.42. The highest BCUT2D eigenvalue weighted by Gasteiger charge is 2.29. The van der Waals surface area contributed by atoms with Crippen LogP contribution in [0.1, 0.15) is 50.1 Å². The number of amides is 1. The van der Waals surface area contributed by atoms with Crippen LogP contribution in [0.4, 0.5) is 0 Å². The molecule has 4 rings (SSSR count). The van der Waals surface area contributed by atoms with Crippen LogP contribution in [0.5, 0.6) is 5.88 Å². The number of ether oxygens (including phenoxy) is 1. The smallest absolute Gasteiger partial charge is 0.233 e. The second-order valence-corrected chi connectivity index (χ2v) is 7.29. The van der Waals surface area contributed by atoms with E-state index in [1.54, 1.807) is 0 Å². The summed E-state index contributed by atoms with van der Waals surface area (Å²) < 4.78 is 5.81. The van der Waals surface area contributed by atoms with E-state index in [9.17, 15) is 4.79 Å². The third-order valence-corrected chi connectivity index (χ3v) is 5.41. The maximum absolute atomic E-state index is 12.4. The summed E-state index contributed by atoms with van der Waals surface area (Å²) in [5.41, 5.74) is 1.09. The SMILES string of the molecule is O=C(C1CC=CC1)N1CCC(COc2ccc(C3CC3)nn2)CC1. The number of allylic oxidation sites excluding steroid dienone is 2. The summed E-state index contributed by atoms with van der Waals surface area (Å²) in [6, 6.07) is 3.98. The summed E-state index contributed by atoms with van der Waals surface area (Å²) in [6.07, 6.45) is 10.6. The molecular formula is C19H25N3O2. The minimum atomic E-state index is 0.193. The van der Waals surface area contributed by atoms with Crippen LogP contribution in [0.3, 0.4) is 0 Å². The molecule has 2 fully saturated rings. The molecule has 0 radical (unpaired) electrons. The van der Waals surface area contributed by atoms with Crippen LogP contribution in [0, 0.1) is 11.8 Å². The van der Waals surface area contributed by atoms with Crippen molar-refractivity contribution < 1.29 is 9.53 Å². The number of hydrogen-bond acceptors (Lipinski definition) is 4. The number of likely N-dealkylation sites (tertiary alicyclic amines) is 1. The van der Waals surface area contributed by atoms with Crippen LogP contribution < -0.4 is 4.74 Å². The summed E-state index contributed by atoms with van der Waals surface area (Å²) in [5, 5.41) is 8.43. The van der Waals surface area contributed by atoms with Crippen molar-refractivity contribution in [2.75, 3.05) is 19.7 Å². The lowest BCUT2D eigenvalue weighted by atomic mass is 9.96. The topological polar surface area (TPSA) is 55.3 Å². The number of rotatable bonds is 5. The first kappa shape index (κ1) is 15.6. The molecule has 128 valence electrons. The van der Waals surface area contributed by atoms with Gasteiger partial charge in [-0.3, -0.25) is 4.79 Å². The van der Waals surface area contributed by atoms with Crippen molar-refractivity contribution >= 4 is 5.91 Å². The van der Waals surface area contributed by atoms with Gasteiger partial charge in [-0.25, -0.2) is 0 Å². The van der Waals surface area contributed by atoms with E-state index in [2.05, 4.69) is 22.3 Å². The van der Waals surface area contributed by atoms with E-state index in [1.807, 2.05) is 17.0 Å². The molecule has 0 N–H and O–H groups in total. The largest absolute Gasteiger partial charge is 0.476 e. The fourth-order valence-electron chi connectivity index (χ4n) is 3.60. The Labute approximate surface area is 143 Å². The quantitative estimate of drug-likeness (QED) is 0.780. The first-order chi connectivity index (χ1) is 11.8. The normalized spacial score (nSPS) is 22.1. The molecule has 5 nitrogen and oxygen atoms in total. The van der Waals surface area contributed by atoms with Gasteiger partial charge in [0.1, 0.15) is 0 Å². The first-order valence-corrected chi connectivity index (χ1v) is 9.20. The molecule has 24 heavy (non-hydrogen) atoms. The third-order valence-electron chi connectivity index (χ3n) is 5.41. The molecule has 1 saturated heterocycles. The van der Waals surface area contributed by atoms with Gasteiger partial charge in [-0.1, -0.05) is 12.2 Å². The van der Waals surface area contributed by atoms with Crippen LogP contribution in [0.15, 0.2) is 24.3 Å². The minimum Gasteiger partial charge on any atom is -0.476 e. The van der Waals surface area contributed by atoms with Gasteiger partial charge in [-0.15, -0.1) is 5.10 Å². The zero-order valence-corrected chi connectivity index (χ0v) is 14.1. The Morgan fingerprint density at radius 3 is 2.46 bits per heavy atom. The number of aromatic nitrogens is 2. The number of nitrogens with zero attached hydrogens (tertiary/aromatic N) is 3. The molecule has 0 unspecified atom stereocenters. The van der Waals surface area contributed by atoms with Crippen LogP contribution in [-0.2, 0) is 4.79 Å². The second kappa shape index (κ2) is 6.91. The van der Waals surface area contributed by atoms with Gasteiger partial charge in [0.2, 0.25) is 11.8 Å². The highest BCUT2D eigenvalue weighted by Crippen LogP contribution is 2.38. The van der Waals surface area contributed by atoms with Gasteiger partial charge in [0, 0.05) is 31.0 Å². The van der Waals surface area contributed by atoms with Crippen LogP contribution in [0.2, 0.25) is 0 Å². The van der Waals surface area contributed by atoms with Crippen LogP contribution in [0.25, 0.3) is 0 Å². The number of carbonyl (C=O) groups excluding carboxylic acids is 1. The lowest BCUT2D eigenvalue weighted by molar-refractivity contribution is -0.136. The molecular weight excluding hydrogens is 302 g/mol. The van der Waals surface area contributed by atoms with E-state index in [0.29, 0.717) is 30.2 Å². The van der Waals surface area contributed by atoms with E-state index >= 15 is 0 Å². The van der Waals surface area contributed by atoms with Gasteiger partial charge in [-0.2, -0.15) is 5.10 Å². The van der Waals surface area contributed by atoms with Gasteiger partial charge in [0.05, 0.1) is 12.3 Å². The number of carbonyl (C=O) groups is 1. The molecule has 1 aromatic heterocycles. The Balaban J connectivity index is 1.20. The van der Waals surface area contributed by atoms with E-state index in [4.69, 9.17) is 4.74 Å². The van der Waals surface area contributed by atoms with Crippen LogP contribution in [-0.4, -0.2) is 40.7 Å². The zero-order chi connectivity index (χ0) is 16.4. The summed E-state index contributed by atoms with van der Waals surface area (Å²) in [7, 11) is 0. The van der Waals surface area contributed by atoms with E-state index < -0.39 is 0 Å². The summed E-state index contributed by atoms with van der Waals surface area (Å²) in [4.78, 5) is 14.5. The third kappa shape index (κ3) is 3.60. The van der Waals surface area contributed by atoms with Crippen molar-refractivity contribution in [1.82, 2.24) is 15.1 Å². The molecule has 0 bridgehead atoms. The molecule has 1 aliphatic heterocycles. The first-order valence-electron chi connectivity index (χ1n) is 9.20. The molecule has 2 aliphatic carbocycles. The van der Waals surface area contributed by atoms with E-state index in [1.165, 1.54) is 12.8 Å². The predicted octanol–water partition coefficient (Wildman–Crippen LogP) is 2.94. The Kier molecular flexibility index (Phi) is 4.50. The fraction of sp³-hybridized carbons (Fsp3) is 0.632. The molecule has 2 heterocycles. The standard InChI is InChI=1S/C19H25N3O2/c23-19(16-3-1-2-4-16)22-11-9-14(10-12-22)13-24-18-8-7-17(20-21-18)15-5-6-15/h1-2,7-8,14-16H,3-6,9-13H2. The predicted molar refractivity (Wildman–Crippen MR) is 90.7 cm³/mol. The molecule has 5 heteroatoms. The highest BCUT2D eigenvalue weighted by molar-refractivity contribution is 5.79. The minimum absolute atomic E-state index is 0.193. The van der Waals surface area contributed by atoms with Crippen molar-refractivity contribution in [2.24, 2.45) is 11.8 Å². The monoisotopic (exact) mass is 327 g/mol. The zero-order valence-electron chi connectivity index (χ0n) is 14.1. The van der Waals surface area contributed by atoms with E-state index in [0.717, 1.165) is 44.5 Å². The van der Waals surface area contributed by atoms with Gasteiger partial charge in [0.15, 0.2) is 0 Å². The molecule has 1 aromatic rings. The summed E-state index contributed by atoms with van der Waals surface area (Å²) >= 11 is 0. The molecule has 1 saturated carbocycles. The Morgan fingerprint density at radius 2 is 1.83 bits per heavy atom. The average molecular weight is 327 g/mol. The van der Waals surface area contributed by atoms with Crippen molar-refractivity contribution in [2.45, 2.75) is 44.4 Å². The lowest BCUT2D eigenvalue weighted by Gasteiger charge is -2.33. The van der Waals surface area contributed by atoms with Crippen molar-refractivity contribution in [3.8, 4) is 5.88 Å². The molecule has 1 amide bonds. The maximum atomic E-state index is 12.4.